The molecule has 0 atom stereocenters. The maximum Gasteiger partial charge on any atom is 0.134 e. The molecule has 1 aromatic carbocycles. The van der Waals surface area contributed by atoms with Crippen molar-refractivity contribution in [3.63, 3.8) is 0 Å². The first-order valence-electron chi connectivity index (χ1n) is 5.42. The molecule has 1 aromatic heterocycles. The van der Waals surface area contributed by atoms with Crippen LogP contribution in [0, 0.1) is 6.92 Å². The van der Waals surface area contributed by atoms with Gasteiger partial charge in [-0.2, -0.15) is 0 Å². The quantitative estimate of drug-likeness (QED) is 0.773. The summed E-state index contributed by atoms with van der Waals surface area (Å²) in [7, 11) is 1.99. The molecule has 0 aliphatic carbocycles. The van der Waals surface area contributed by atoms with Gasteiger partial charge in [-0.15, -0.1) is 0 Å². The molecular formula is C13H17NO. The second kappa shape index (κ2) is 4.49. The van der Waals surface area contributed by atoms with Crippen molar-refractivity contribution in [2.45, 2.75) is 19.8 Å². The largest absolute Gasteiger partial charge is 0.464 e. The fourth-order valence-corrected chi connectivity index (χ4v) is 1.83. The summed E-state index contributed by atoms with van der Waals surface area (Å²) in [6.45, 7) is 3.16. The molecule has 0 aliphatic rings. The Labute approximate surface area is 90.3 Å². The second-order valence-electron chi connectivity index (χ2n) is 3.96. The number of benzene rings is 1. The summed E-state index contributed by atoms with van der Waals surface area (Å²) in [5, 5.41) is 4.41. The smallest absolute Gasteiger partial charge is 0.134 e. The van der Waals surface area contributed by atoms with Gasteiger partial charge in [0.1, 0.15) is 5.58 Å². The molecule has 0 radical (unpaired) electrons. The molecule has 0 fully saturated rings. The molecule has 0 saturated carbocycles. The molecule has 2 nitrogen and oxygen atoms in total. The van der Waals surface area contributed by atoms with E-state index in [0.29, 0.717) is 0 Å². The number of hydrogen-bond donors (Lipinski definition) is 1. The fourth-order valence-electron chi connectivity index (χ4n) is 1.83. The van der Waals surface area contributed by atoms with Crippen LogP contribution in [-0.2, 0) is 6.42 Å². The van der Waals surface area contributed by atoms with Gasteiger partial charge in [0.15, 0.2) is 0 Å². The Hall–Kier alpha value is -1.28. The van der Waals surface area contributed by atoms with E-state index >= 15 is 0 Å². The van der Waals surface area contributed by atoms with Crippen molar-refractivity contribution in [2.24, 2.45) is 0 Å². The summed E-state index contributed by atoms with van der Waals surface area (Å²) in [6, 6.07) is 6.46. The summed E-state index contributed by atoms with van der Waals surface area (Å²) in [5.74, 6) is 0. The highest BCUT2D eigenvalue weighted by Crippen LogP contribution is 2.22. The number of aryl methyl sites for hydroxylation is 2. The normalized spacial score (nSPS) is 11.1. The molecule has 2 aromatic rings. The van der Waals surface area contributed by atoms with Gasteiger partial charge in [0.2, 0.25) is 0 Å². The lowest BCUT2D eigenvalue weighted by Crippen LogP contribution is -2.08. The van der Waals surface area contributed by atoms with Crippen LogP contribution in [0.15, 0.2) is 28.9 Å². The SMILES string of the molecule is CNCCCc1ccc2occ(C)c2c1. The molecular weight excluding hydrogens is 186 g/mol. The highest BCUT2D eigenvalue weighted by Gasteiger charge is 2.02. The lowest BCUT2D eigenvalue weighted by Gasteiger charge is -2.01. The molecule has 0 bridgehead atoms. The lowest BCUT2D eigenvalue weighted by atomic mass is 10.1. The first kappa shape index (κ1) is 10.2. The summed E-state index contributed by atoms with van der Waals surface area (Å²) in [5.41, 5.74) is 3.60. The van der Waals surface area contributed by atoms with Gasteiger partial charge in [-0.05, 0) is 56.6 Å². The van der Waals surface area contributed by atoms with Crippen LogP contribution in [0.4, 0.5) is 0 Å². The van der Waals surface area contributed by atoms with Gasteiger partial charge in [0.05, 0.1) is 6.26 Å². The average Bonchev–Trinajstić information content (AvgIpc) is 2.61. The van der Waals surface area contributed by atoms with Crippen LogP contribution in [0.5, 0.6) is 0 Å². The Morgan fingerprint density at radius 1 is 1.33 bits per heavy atom. The Balaban J connectivity index is 2.18. The Kier molecular flexibility index (Phi) is 3.07. The van der Waals surface area contributed by atoms with Crippen LogP contribution in [0.25, 0.3) is 11.0 Å². The maximum atomic E-state index is 5.42. The van der Waals surface area contributed by atoms with Crippen molar-refractivity contribution in [2.75, 3.05) is 13.6 Å². The van der Waals surface area contributed by atoms with Gasteiger partial charge in [-0.25, -0.2) is 0 Å². The first-order chi connectivity index (χ1) is 7.31. The topological polar surface area (TPSA) is 25.2 Å². The van der Waals surface area contributed by atoms with E-state index in [9.17, 15) is 0 Å². The van der Waals surface area contributed by atoms with Gasteiger partial charge < -0.3 is 9.73 Å². The highest BCUT2D eigenvalue weighted by molar-refractivity contribution is 5.81. The second-order valence-corrected chi connectivity index (χ2v) is 3.96. The Morgan fingerprint density at radius 3 is 3.00 bits per heavy atom. The van der Waals surface area contributed by atoms with Crippen LogP contribution in [0.3, 0.4) is 0 Å². The number of hydrogen-bond acceptors (Lipinski definition) is 2. The van der Waals surface area contributed by atoms with Crippen molar-refractivity contribution >= 4 is 11.0 Å². The monoisotopic (exact) mass is 203 g/mol. The Bertz CT molecular complexity index is 445. The lowest BCUT2D eigenvalue weighted by molar-refractivity contribution is 0.613. The van der Waals surface area contributed by atoms with E-state index in [1.54, 1.807) is 0 Å². The van der Waals surface area contributed by atoms with E-state index in [-0.39, 0.29) is 0 Å². The van der Waals surface area contributed by atoms with Crippen molar-refractivity contribution in [3.05, 3.63) is 35.6 Å². The van der Waals surface area contributed by atoms with Crippen LogP contribution in [0.1, 0.15) is 17.5 Å². The first-order valence-corrected chi connectivity index (χ1v) is 5.42. The molecule has 0 amide bonds. The number of rotatable bonds is 4. The standard InChI is InChI=1S/C13H17NO/c1-10-9-15-13-6-5-11(8-12(10)13)4-3-7-14-2/h5-6,8-9,14H,3-4,7H2,1-2H3. The predicted molar refractivity (Wildman–Crippen MR) is 63.2 cm³/mol. The van der Waals surface area contributed by atoms with Gasteiger partial charge >= 0.3 is 0 Å². The molecule has 15 heavy (non-hydrogen) atoms. The summed E-state index contributed by atoms with van der Waals surface area (Å²) >= 11 is 0. The van der Waals surface area contributed by atoms with Crippen molar-refractivity contribution in [3.8, 4) is 0 Å². The van der Waals surface area contributed by atoms with E-state index in [2.05, 4.69) is 30.4 Å². The molecule has 0 unspecified atom stereocenters. The minimum atomic E-state index is 0.991. The van der Waals surface area contributed by atoms with Crippen LogP contribution in [-0.4, -0.2) is 13.6 Å². The zero-order valence-corrected chi connectivity index (χ0v) is 9.34. The van der Waals surface area contributed by atoms with E-state index in [0.717, 1.165) is 18.5 Å². The molecule has 0 spiro atoms. The Morgan fingerprint density at radius 2 is 2.20 bits per heavy atom. The molecule has 2 rings (SSSR count). The zero-order chi connectivity index (χ0) is 10.7. The number of fused-ring (bicyclic) bond motifs is 1. The predicted octanol–water partition coefficient (Wildman–Crippen LogP) is 2.89. The van der Waals surface area contributed by atoms with Crippen LogP contribution in [0.2, 0.25) is 0 Å². The van der Waals surface area contributed by atoms with Gasteiger partial charge in [-0.1, -0.05) is 6.07 Å². The highest BCUT2D eigenvalue weighted by atomic mass is 16.3. The van der Waals surface area contributed by atoms with E-state index < -0.39 is 0 Å². The fraction of sp³-hybridized carbons (Fsp3) is 0.385. The number of furan rings is 1. The van der Waals surface area contributed by atoms with Crippen LogP contribution >= 0.6 is 0 Å². The molecule has 0 aliphatic heterocycles. The average molecular weight is 203 g/mol. The molecule has 0 saturated heterocycles. The minimum Gasteiger partial charge on any atom is -0.464 e. The third kappa shape index (κ3) is 2.21. The van der Waals surface area contributed by atoms with Crippen molar-refractivity contribution < 1.29 is 4.42 Å². The zero-order valence-electron chi connectivity index (χ0n) is 9.34. The summed E-state index contributed by atoms with van der Waals surface area (Å²) in [4.78, 5) is 0. The van der Waals surface area contributed by atoms with Gasteiger partial charge in [-0.3, -0.25) is 0 Å². The molecule has 80 valence electrons. The van der Waals surface area contributed by atoms with Crippen molar-refractivity contribution in [1.82, 2.24) is 5.32 Å². The maximum absolute atomic E-state index is 5.42. The third-order valence-electron chi connectivity index (χ3n) is 2.72. The molecule has 2 heteroatoms. The molecule has 1 N–H and O–H groups in total. The molecule has 1 heterocycles. The van der Waals surface area contributed by atoms with E-state index in [4.69, 9.17) is 4.42 Å². The van der Waals surface area contributed by atoms with Gasteiger partial charge in [0, 0.05) is 5.39 Å². The summed E-state index contributed by atoms with van der Waals surface area (Å²) < 4.78 is 5.42. The van der Waals surface area contributed by atoms with Crippen LogP contribution < -0.4 is 5.32 Å². The summed E-state index contributed by atoms with van der Waals surface area (Å²) in [6.07, 6.45) is 4.13. The van der Waals surface area contributed by atoms with Gasteiger partial charge in [0.25, 0.3) is 0 Å². The van der Waals surface area contributed by atoms with E-state index in [1.807, 2.05) is 13.3 Å². The minimum absolute atomic E-state index is 0.991. The number of nitrogens with one attached hydrogen (secondary N) is 1. The third-order valence-corrected chi connectivity index (χ3v) is 2.72. The van der Waals surface area contributed by atoms with Crippen molar-refractivity contribution in [1.29, 1.82) is 0 Å². The van der Waals surface area contributed by atoms with E-state index in [1.165, 1.54) is 22.9 Å².